The van der Waals surface area contributed by atoms with Gasteiger partial charge in [-0.2, -0.15) is 0 Å². The topological polar surface area (TPSA) is 79.3 Å². The second-order valence-electron chi connectivity index (χ2n) is 7.74. The number of nitrogens with one attached hydrogen (secondary N) is 1. The van der Waals surface area contributed by atoms with E-state index in [2.05, 4.69) is 5.32 Å². The summed E-state index contributed by atoms with van der Waals surface area (Å²) in [7, 11) is 0. The molecule has 4 fully saturated rings. The highest BCUT2D eigenvalue weighted by Crippen LogP contribution is 2.67. The van der Waals surface area contributed by atoms with E-state index in [1.807, 2.05) is 30.3 Å². The summed E-state index contributed by atoms with van der Waals surface area (Å²) >= 11 is 0. The van der Waals surface area contributed by atoms with E-state index in [1.165, 1.54) is 0 Å². The fourth-order valence-corrected chi connectivity index (χ4v) is 4.43. The fourth-order valence-electron chi connectivity index (χ4n) is 4.43. The lowest BCUT2D eigenvalue weighted by atomic mass is 9.39. The van der Waals surface area contributed by atoms with Crippen LogP contribution in [0.1, 0.15) is 54.1 Å². The first-order chi connectivity index (χ1) is 11.5. The van der Waals surface area contributed by atoms with Gasteiger partial charge in [0, 0.05) is 22.5 Å². The maximum absolute atomic E-state index is 12.9. The minimum Gasteiger partial charge on any atom is -0.481 e. The van der Waals surface area contributed by atoms with Crippen molar-refractivity contribution >= 4 is 22.8 Å². The molecule has 2 bridgehead atoms. The zero-order valence-electron chi connectivity index (χ0n) is 13.2. The number of fused-ring (bicyclic) bond motifs is 1. The molecule has 5 nitrogen and oxygen atoms in total. The van der Waals surface area contributed by atoms with Gasteiger partial charge in [-0.25, -0.2) is 0 Å². The SMILES string of the molecule is O=C(NC12CC(C(=O)O)(C1)C2)c1cc(C2CC2)nc2ccccc12. The van der Waals surface area contributed by atoms with Crippen LogP contribution in [0.5, 0.6) is 0 Å². The Bertz CT molecular complexity index is 881. The first-order valence-electron chi connectivity index (χ1n) is 8.46. The van der Waals surface area contributed by atoms with Crippen molar-refractivity contribution in [3.63, 3.8) is 0 Å². The molecule has 2 N–H and O–H groups in total. The lowest BCUT2D eigenvalue weighted by molar-refractivity contribution is -0.196. The quantitative estimate of drug-likeness (QED) is 0.907. The molecule has 0 aliphatic heterocycles. The summed E-state index contributed by atoms with van der Waals surface area (Å²) in [5.74, 6) is -0.357. The standard InChI is InChI=1S/C19H18N2O3/c22-16(21-19-8-18(9-19,10-19)17(23)24)13-7-15(11-5-6-11)20-14-4-2-1-3-12(13)14/h1-4,7,11H,5-6,8-10H2,(H,21,22)(H,23,24). The monoisotopic (exact) mass is 322 g/mol. The molecule has 0 radical (unpaired) electrons. The van der Waals surface area contributed by atoms with Crippen molar-refractivity contribution in [2.75, 3.05) is 0 Å². The van der Waals surface area contributed by atoms with Gasteiger partial charge in [-0.1, -0.05) is 18.2 Å². The van der Waals surface area contributed by atoms with E-state index in [1.54, 1.807) is 0 Å². The Balaban J connectivity index is 1.46. The number of nitrogens with zero attached hydrogens (tertiary/aromatic N) is 1. The highest BCUT2D eigenvalue weighted by Gasteiger charge is 2.72. The van der Waals surface area contributed by atoms with E-state index >= 15 is 0 Å². The lowest BCUT2D eigenvalue weighted by Gasteiger charge is -2.67. The van der Waals surface area contributed by atoms with Crippen LogP contribution < -0.4 is 5.32 Å². The number of para-hydroxylation sites is 1. The summed E-state index contributed by atoms with van der Waals surface area (Å²) in [5.41, 5.74) is 1.63. The summed E-state index contributed by atoms with van der Waals surface area (Å²) < 4.78 is 0. The van der Waals surface area contributed by atoms with E-state index in [-0.39, 0.29) is 11.4 Å². The van der Waals surface area contributed by atoms with Crippen molar-refractivity contribution in [1.82, 2.24) is 10.3 Å². The Morgan fingerprint density at radius 2 is 1.88 bits per heavy atom. The summed E-state index contributed by atoms with van der Waals surface area (Å²) in [6.07, 6.45) is 3.94. The van der Waals surface area contributed by atoms with E-state index in [9.17, 15) is 14.7 Å². The van der Waals surface area contributed by atoms with Gasteiger partial charge in [-0.15, -0.1) is 0 Å². The zero-order valence-corrected chi connectivity index (χ0v) is 13.2. The number of carboxylic acid groups (broad SMARTS) is 1. The Morgan fingerprint density at radius 1 is 1.17 bits per heavy atom. The van der Waals surface area contributed by atoms with Gasteiger partial charge in [0.2, 0.25) is 0 Å². The van der Waals surface area contributed by atoms with Crippen LogP contribution in [0.25, 0.3) is 10.9 Å². The number of aliphatic carboxylic acids is 1. The molecule has 1 amide bonds. The Kier molecular flexibility index (Phi) is 2.53. The zero-order chi connectivity index (χ0) is 16.5. The Labute approximate surface area is 139 Å². The average molecular weight is 322 g/mol. The molecule has 6 rings (SSSR count). The Hall–Kier alpha value is -2.43. The Morgan fingerprint density at radius 3 is 2.54 bits per heavy atom. The highest BCUT2D eigenvalue weighted by molar-refractivity contribution is 6.07. The fraction of sp³-hybridized carbons (Fsp3) is 0.421. The number of hydrogen-bond acceptors (Lipinski definition) is 3. The largest absolute Gasteiger partial charge is 0.481 e. The number of carbonyl (C=O) groups excluding carboxylic acids is 1. The van der Waals surface area contributed by atoms with E-state index in [4.69, 9.17) is 4.98 Å². The number of amides is 1. The summed E-state index contributed by atoms with van der Waals surface area (Å²) in [6, 6.07) is 9.64. The molecule has 1 aromatic heterocycles. The molecule has 122 valence electrons. The summed E-state index contributed by atoms with van der Waals surface area (Å²) in [4.78, 5) is 28.8. The molecule has 0 atom stereocenters. The van der Waals surface area contributed by atoms with E-state index in [0.717, 1.165) is 29.4 Å². The number of carboxylic acids is 1. The first kappa shape index (κ1) is 14.0. The number of benzene rings is 1. The second-order valence-corrected chi connectivity index (χ2v) is 7.74. The molecule has 24 heavy (non-hydrogen) atoms. The first-order valence-corrected chi connectivity index (χ1v) is 8.46. The van der Waals surface area contributed by atoms with Crippen LogP contribution in [0.2, 0.25) is 0 Å². The summed E-state index contributed by atoms with van der Waals surface area (Å²) in [6.45, 7) is 0. The minimum absolute atomic E-state index is 0.103. The number of hydrogen-bond donors (Lipinski definition) is 2. The van der Waals surface area contributed by atoms with Crippen LogP contribution in [0.15, 0.2) is 30.3 Å². The van der Waals surface area contributed by atoms with Crippen LogP contribution >= 0.6 is 0 Å². The van der Waals surface area contributed by atoms with Gasteiger partial charge in [0.25, 0.3) is 5.91 Å². The van der Waals surface area contributed by atoms with Crippen molar-refractivity contribution in [2.45, 2.75) is 43.6 Å². The third kappa shape index (κ3) is 1.84. The van der Waals surface area contributed by atoms with Crippen molar-refractivity contribution in [2.24, 2.45) is 5.41 Å². The number of pyridine rings is 1. The number of aromatic nitrogens is 1. The molecular weight excluding hydrogens is 304 g/mol. The lowest BCUT2D eigenvalue weighted by Crippen LogP contribution is -2.77. The average Bonchev–Trinajstić information content (AvgIpc) is 3.32. The molecular formula is C19H18N2O3. The van der Waals surface area contributed by atoms with E-state index in [0.29, 0.717) is 30.7 Å². The molecule has 1 heterocycles. The highest BCUT2D eigenvalue weighted by atomic mass is 16.4. The van der Waals surface area contributed by atoms with Gasteiger partial charge in [0.05, 0.1) is 16.5 Å². The van der Waals surface area contributed by atoms with Gasteiger partial charge in [0.15, 0.2) is 0 Å². The molecule has 0 saturated heterocycles. The molecule has 2 aromatic rings. The maximum atomic E-state index is 12.9. The van der Waals surface area contributed by atoms with Crippen LogP contribution in [-0.2, 0) is 4.79 Å². The van der Waals surface area contributed by atoms with Gasteiger partial charge < -0.3 is 10.4 Å². The van der Waals surface area contributed by atoms with Crippen molar-refractivity contribution in [3.05, 3.63) is 41.6 Å². The van der Waals surface area contributed by atoms with Crippen LogP contribution in [-0.4, -0.2) is 27.5 Å². The van der Waals surface area contributed by atoms with Crippen LogP contribution in [0.4, 0.5) is 0 Å². The number of carbonyl (C=O) groups is 2. The number of rotatable bonds is 4. The van der Waals surface area contributed by atoms with Gasteiger partial charge in [0.1, 0.15) is 0 Å². The molecule has 0 unspecified atom stereocenters. The molecule has 4 aliphatic carbocycles. The van der Waals surface area contributed by atoms with Crippen LogP contribution in [0, 0.1) is 5.41 Å². The van der Waals surface area contributed by atoms with Gasteiger partial charge >= 0.3 is 5.97 Å². The van der Waals surface area contributed by atoms with Crippen LogP contribution in [0.3, 0.4) is 0 Å². The predicted octanol–water partition coefficient (Wildman–Crippen LogP) is 2.85. The smallest absolute Gasteiger partial charge is 0.309 e. The second kappa shape index (κ2) is 4.35. The van der Waals surface area contributed by atoms with Crippen molar-refractivity contribution in [1.29, 1.82) is 0 Å². The molecule has 1 aromatic carbocycles. The minimum atomic E-state index is -0.732. The molecule has 4 aliphatic rings. The molecule has 4 saturated carbocycles. The van der Waals surface area contributed by atoms with Gasteiger partial charge in [-0.05, 0) is 44.2 Å². The molecule has 5 heteroatoms. The normalized spacial score (nSPS) is 30.3. The van der Waals surface area contributed by atoms with Crippen molar-refractivity contribution < 1.29 is 14.7 Å². The van der Waals surface area contributed by atoms with E-state index < -0.39 is 11.4 Å². The maximum Gasteiger partial charge on any atom is 0.309 e. The van der Waals surface area contributed by atoms with Crippen molar-refractivity contribution in [3.8, 4) is 0 Å². The predicted molar refractivity (Wildman–Crippen MR) is 87.8 cm³/mol. The van der Waals surface area contributed by atoms with Gasteiger partial charge in [-0.3, -0.25) is 14.6 Å². The summed E-state index contributed by atoms with van der Waals surface area (Å²) in [5, 5.41) is 13.2. The third-order valence-corrected chi connectivity index (χ3v) is 5.84. The molecule has 0 spiro atoms. The third-order valence-electron chi connectivity index (χ3n) is 5.84.